The van der Waals surface area contributed by atoms with Crippen molar-refractivity contribution in [2.75, 3.05) is 19.6 Å². The maximum Gasteiger partial charge on any atom is 0.285 e. The molecule has 8 nitrogen and oxygen atoms in total. The van der Waals surface area contributed by atoms with Gasteiger partial charge in [0.15, 0.2) is 0 Å². The van der Waals surface area contributed by atoms with Crippen LogP contribution in [-0.4, -0.2) is 45.5 Å². The third-order valence-electron chi connectivity index (χ3n) is 4.94. The molecule has 26 heavy (non-hydrogen) atoms. The summed E-state index contributed by atoms with van der Waals surface area (Å²) in [7, 11) is 0. The van der Waals surface area contributed by atoms with E-state index in [0.29, 0.717) is 18.4 Å². The molecule has 1 aliphatic rings. The Morgan fingerprint density at radius 1 is 1.31 bits per heavy atom. The fourth-order valence-electron chi connectivity index (χ4n) is 3.54. The fourth-order valence-corrected chi connectivity index (χ4v) is 3.54. The number of hydrogen-bond acceptors (Lipinski definition) is 5. The van der Waals surface area contributed by atoms with Gasteiger partial charge in [-0.05, 0) is 32.1 Å². The zero-order chi connectivity index (χ0) is 19.5. The molecule has 1 aromatic heterocycles. The second kappa shape index (κ2) is 7.99. The first kappa shape index (κ1) is 20.1. The van der Waals surface area contributed by atoms with Crippen molar-refractivity contribution in [1.82, 2.24) is 14.8 Å². The molecule has 2 rings (SSSR count). The summed E-state index contributed by atoms with van der Waals surface area (Å²) in [6.07, 6.45) is 2.32. The molecule has 0 aromatic carbocycles. The number of likely N-dealkylation sites (tertiary alicyclic amines) is 1. The number of aromatic nitrogens is 1. The standard InChI is InChI=1S/C18H28N4O4/c1-13-7-14(2)9-21(8-13)18(3,4)12-19-16(23)11-20-10-15(22(25)26)5-6-17(20)24/h5-6,10,13-14H,7-9,11-12H2,1-4H3,(H,19,23). The van der Waals surface area contributed by atoms with Gasteiger partial charge in [0.05, 0.1) is 11.1 Å². The van der Waals surface area contributed by atoms with Gasteiger partial charge in [-0.1, -0.05) is 13.8 Å². The molecule has 0 saturated carbocycles. The average molecular weight is 364 g/mol. The normalized spacial score (nSPS) is 21.4. The monoisotopic (exact) mass is 364 g/mol. The van der Waals surface area contributed by atoms with E-state index < -0.39 is 10.5 Å². The van der Waals surface area contributed by atoms with Crippen LogP contribution in [0, 0.1) is 22.0 Å². The van der Waals surface area contributed by atoms with E-state index >= 15 is 0 Å². The first-order chi connectivity index (χ1) is 12.1. The molecule has 1 aliphatic heterocycles. The lowest BCUT2D eigenvalue weighted by molar-refractivity contribution is -0.385. The van der Waals surface area contributed by atoms with Crippen molar-refractivity contribution in [2.24, 2.45) is 11.8 Å². The van der Waals surface area contributed by atoms with Gasteiger partial charge in [-0.15, -0.1) is 0 Å². The molecule has 0 spiro atoms. The van der Waals surface area contributed by atoms with E-state index in [-0.39, 0.29) is 23.7 Å². The Morgan fingerprint density at radius 2 is 1.92 bits per heavy atom. The Kier molecular flexibility index (Phi) is 6.17. The Bertz CT molecular complexity index is 718. The molecule has 1 fully saturated rings. The van der Waals surface area contributed by atoms with Crippen LogP contribution in [0.4, 0.5) is 5.69 Å². The fraction of sp³-hybridized carbons (Fsp3) is 0.667. The van der Waals surface area contributed by atoms with E-state index in [4.69, 9.17) is 0 Å². The first-order valence-electron chi connectivity index (χ1n) is 8.95. The summed E-state index contributed by atoms with van der Waals surface area (Å²) in [6.45, 7) is 10.9. The minimum Gasteiger partial charge on any atom is -0.353 e. The Balaban J connectivity index is 1.97. The number of carbonyl (C=O) groups excluding carboxylic acids is 1. The van der Waals surface area contributed by atoms with Crippen LogP contribution in [0.2, 0.25) is 0 Å². The van der Waals surface area contributed by atoms with Crippen molar-refractivity contribution in [2.45, 2.75) is 46.2 Å². The molecule has 0 aliphatic carbocycles. The molecule has 1 amide bonds. The lowest BCUT2D eigenvalue weighted by atomic mass is 9.88. The number of rotatable bonds is 6. The van der Waals surface area contributed by atoms with Gasteiger partial charge in [-0.2, -0.15) is 0 Å². The molecule has 1 saturated heterocycles. The summed E-state index contributed by atoms with van der Waals surface area (Å²) in [5.41, 5.74) is -0.857. The second-order valence-corrected chi connectivity index (χ2v) is 8.05. The summed E-state index contributed by atoms with van der Waals surface area (Å²) < 4.78 is 1.06. The average Bonchev–Trinajstić information content (AvgIpc) is 2.54. The maximum absolute atomic E-state index is 12.2. The van der Waals surface area contributed by atoms with E-state index in [9.17, 15) is 19.7 Å². The summed E-state index contributed by atoms with van der Waals surface area (Å²) in [4.78, 5) is 36.7. The van der Waals surface area contributed by atoms with Crippen molar-refractivity contribution in [3.8, 4) is 0 Å². The van der Waals surface area contributed by atoms with Crippen LogP contribution < -0.4 is 10.9 Å². The van der Waals surface area contributed by atoms with Crippen molar-refractivity contribution in [1.29, 1.82) is 0 Å². The lowest BCUT2D eigenvalue weighted by Gasteiger charge is -2.45. The largest absolute Gasteiger partial charge is 0.353 e. The smallest absolute Gasteiger partial charge is 0.285 e. The topological polar surface area (TPSA) is 97.5 Å². The number of nitrogens with zero attached hydrogens (tertiary/aromatic N) is 3. The minimum absolute atomic E-state index is 0.202. The predicted octanol–water partition coefficient (Wildman–Crippen LogP) is 1.63. The van der Waals surface area contributed by atoms with Gasteiger partial charge in [-0.3, -0.25) is 29.2 Å². The summed E-state index contributed by atoms with van der Waals surface area (Å²) in [6, 6.07) is 2.24. The highest BCUT2D eigenvalue weighted by Crippen LogP contribution is 2.26. The van der Waals surface area contributed by atoms with Gasteiger partial charge >= 0.3 is 0 Å². The number of piperidine rings is 1. The predicted molar refractivity (Wildman–Crippen MR) is 99.0 cm³/mol. The van der Waals surface area contributed by atoms with Crippen molar-refractivity contribution < 1.29 is 9.72 Å². The molecule has 0 radical (unpaired) electrons. The highest BCUT2D eigenvalue weighted by molar-refractivity contribution is 5.75. The third kappa shape index (κ3) is 5.14. The van der Waals surface area contributed by atoms with E-state index in [2.05, 4.69) is 37.9 Å². The molecule has 2 atom stereocenters. The molecule has 144 valence electrons. The molecule has 8 heteroatoms. The van der Waals surface area contributed by atoms with E-state index in [1.807, 2.05) is 0 Å². The lowest BCUT2D eigenvalue weighted by Crippen LogP contribution is -2.56. The van der Waals surface area contributed by atoms with Crippen LogP contribution in [0.25, 0.3) is 0 Å². The van der Waals surface area contributed by atoms with Crippen LogP contribution in [-0.2, 0) is 11.3 Å². The number of nitrogens with one attached hydrogen (secondary N) is 1. The van der Waals surface area contributed by atoms with Gasteiger partial charge < -0.3 is 5.32 Å². The zero-order valence-corrected chi connectivity index (χ0v) is 15.9. The number of carbonyl (C=O) groups is 1. The first-order valence-corrected chi connectivity index (χ1v) is 8.95. The van der Waals surface area contributed by atoms with Gasteiger partial charge in [-0.25, -0.2) is 0 Å². The Hall–Kier alpha value is -2.22. The molecule has 1 aromatic rings. The van der Waals surface area contributed by atoms with Crippen molar-refractivity contribution in [3.05, 3.63) is 38.8 Å². The SMILES string of the molecule is CC1CC(C)CN(C(C)(C)CNC(=O)Cn2cc([N+](=O)[O-])ccc2=O)C1. The highest BCUT2D eigenvalue weighted by Gasteiger charge is 2.32. The van der Waals surface area contributed by atoms with Crippen LogP contribution in [0.15, 0.2) is 23.1 Å². The molecule has 2 heterocycles. The summed E-state index contributed by atoms with van der Waals surface area (Å²) in [5, 5.41) is 13.7. The summed E-state index contributed by atoms with van der Waals surface area (Å²) in [5.74, 6) is 0.910. The summed E-state index contributed by atoms with van der Waals surface area (Å²) >= 11 is 0. The van der Waals surface area contributed by atoms with Crippen LogP contribution in [0.3, 0.4) is 0 Å². The number of amides is 1. The van der Waals surface area contributed by atoms with E-state index in [1.54, 1.807) is 0 Å². The van der Waals surface area contributed by atoms with Crippen molar-refractivity contribution in [3.63, 3.8) is 0 Å². The van der Waals surface area contributed by atoms with E-state index in [0.717, 1.165) is 36.0 Å². The van der Waals surface area contributed by atoms with Gasteiger partial charge in [0.25, 0.3) is 11.2 Å². The van der Waals surface area contributed by atoms with Gasteiger partial charge in [0.1, 0.15) is 6.54 Å². The van der Waals surface area contributed by atoms with Gasteiger partial charge in [0.2, 0.25) is 5.91 Å². The van der Waals surface area contributed by atoms with Crippen LogP contribution in [0.5, 0.6) is 0 Å². The van der Waals surface area contributed by atoms with Gasteiger partial charge in [0, 0.05) is 37.3 Å². The Morgan fingerprint density at radius 3 is 2.50 bits per heavy atom. The zero-order valence-electron chi connectivity index (χ0n) is 15.9. The number of pyridine rings is 1. The van der Waals surface area contributed by atoms with Crippen LogP contribution >= 0.6 is 0 Å². The third-order valence-corrected chi connectivity index (χ3v) is 4.94. The molecule has 0 bridgehead atoms. The van der Waals surface area contributed by atoms with Crippen molar-refractivity contribution >= 4 is 11.6 Å². The minimum atomic E-state index is -0.588. The quantitative estimate of drug-likeness (QED) is 0.611. The Labute approximate surface area is 153 Å². The molecular weight excluding hydrogens is 336 g/mol. The highest BCUT2D eigenvalue weighted by atomic mass is 16.6. The number of hydrogen-bond donors (Lipinski definition) is 1. The molecule has 2 unspecified atom stereocenters. The van der Waals surface area contributed by atoms with E-state index in [1.165, 1.54) is 6.42 Å². The molecular formula is C18H28N4O4. The molecule has 1 N–H and O–H groups in total. The maximum atomic E-state index is 12.2. The number of nitro groups is 1. The van der Waals surface area contributed by atoms with Crippen LogP contribution in [0.1, 0.15) is 34.1 Å². The second-order valence-electron chi connectivity index (χ2n) is 8.05.